The van der Waals surface area contributed by atoms with Gasteiger partial charge >= 0.3 is 12.2 Å². The van der Waals surface area contributed by atoms with Gasteiger partial charge in [-0.15, -0.1) is 0 Å². The molecular weight excluding hydrogens is 484 g/mol. The second kappa shape index (κ2) is 14.4. The number of amides is 3. The van der Waals surface area contributed by atoms with E-state index in [9.17, 15) is 14.4 Å². The third-order valence-electron chi connectivity index (χ3n) is 6.09. The smallest absolute Gasteiger partial charge is 0.408 e. The lowest BCUT2D eigenvalue weighted by Gasteiger charge is -2.37. The monoisotopic (exact) mass is 524 g/mol. The van der Waals surface area contributed by atoms with Crippen LogP contribution in [0.5, 0.6) is 0 Å². The number of hydrogen-bond acceptors (Lipinski definition) is 6. The van der Waals surface area contributed by atoms with E-state index in [1.807, 2.05) is 65.6 Å². The van der Waals surface area contributed by atoms with Gasteiger partial charge in [-0.25, -0.2) is 9.59 Å². The minimum atomic E-state index is -0.825. The van der Waals surface area contributed by atoms with Crippen molar-refractivity contribution in [3.8, 4) is 0 Å². The predicted molar refractivity (Wildman–Crippen MR) is 147 cm³/mol. The average Bonchev–Trinajstić information content (AvgIpc) is 2.90. The van der Waals surface area contributed by atoms with Gasteiger partial charge in [0.25, 0.3) is 0 Å². The van der Waals surface area contributed by atoms with Gasteiger partial charge in [0.1, 0.15) is 18.2 Å². The van der Waals surface area contributed by atoms with Crippen LogP contribution >= 0.6 is 0 Å². The molecule has 1 atom stereocenters. The number of ether oxygens (including phenoxy) is 2. The maximum atomic E-state index is 14.0. The zero-order valence-corrected chi connectivity index (χ0v) is 22.6. The Morgan fingerprint density at radius 1 is 0.974 bits per heavy atom. The first-order valence-corrected chi connectivity index (χ1v) is 13.3. The Kier molecular flexibility index (Phi) is 11.0. The fourth-order valence-corrected chi connectivity index (χ4v) is 4.31. The van der Waals surface area contributed by atoms with Gasteiger partial charge in [0.2, 0.25) is 5.91 Å². The summed E-state index contributed by atoms with van der Waals surface area (Å²) in [5.74, 6) is -0.197. The van der Waals surface area contributed by atoms with E-state index in [4.69, 9.17) is 9.47 Å². The Morgan fingerprint density at radius 3 is 2.24 bits per heavy atom. The summed E-state index contributed by atoms with van der Waals surface area (Å²) in [7, 11) is 0. The molecule has 1 heterocycles. The summed E-state index contributed by atoms with van der Waals surface area (Å²) >= 11 is 0. The van der Waals surface area contributed by atoms with Crippen molar-refractivity contribution in [2.45, 2.75) is 70.7 Å². The Morgan fingerprint density at radius 2 is 1.61 bits per heavy atom. The molecule has 0 aliphatic carbocycles. The van der Waals surface area contributed by atoms with E-state index >= 15 is 0 Å². The number of anilines is 1. The van der Waals surface area contributed by atoms with Crippen LogP contribution in [0.3, 0.4) is 0 Å². The highest BCUT2D eigenvalue weighted by Crippen LogP contribution is 2.23. The normalized spacial score (nSPS) is 14.7. The molecule has 3 N–H and O–H groups in total. The van der Waals surface area contributed by atoms with Crippen molar-refractivity contribution < 1.29 is 23.9 Å². The highest BCUT2D eigenvalue weighted by Gasteiger charge is 2.33. The van der Waals surface area contributed by atoms with Crippen LogP contribution < -0.4 is 20.9 Å². The molecule has 0 radical (unpaired) electrons. The fourth-order valence-electron chi connectivity index (χ4n) is 4.31. The number of rotatable bonds is 10. The summed E-state index contributed by atoms with van der Waals surface area (Å²) in [6.07, 6.45) is 1.23. The number of nitrogens with zero attached hydrogens (tertiary/aromatic N) is 1. The molecule has 2 aromatic rings. The van der Waals surface area contributed by atoms with Gasteiger partial charge in [-0.1, -0.05) is 48.5 Å². The molecule has 1 aliphatic heterocycles. The van der Waals surface area contributed by atoms with Gasteiger partial charge in [0.15, 0.2) is 0 Å². The molecular formula is C29H40N4O5. The lowest BCUT2D eigenvalue weighted by Crippen LogP contribution is -2.54. The van der Waals surface area contributed by atoms with E-state index in [0.717, 1.165) is 37.2 Å². The number of benzene rings is 2. The quantitative estimate of drug-likeness (QED) is 0.398. The number of hydrogen-bond donors (Lipinski definition) is 3. The zero-order valence-electron chi connectivity index (χ0n) is 22.6. The van der Waals surface area contributed by atoms with Crippen molar-refractivity contribution in [1.82, 2.24) is 16.0 Å². The van der Waals surface area contributed by atoms with Crippen molar-refractivity contribution in [3.05, 3.63) is 66.2 Å². The first kappa shape index (κ1) is 29.0. The van der Waals surface area contributed by atoms with Gasteiger partial charge < -0.3 is 30.3 Å². The lowest BCUT2D eigenvalue weighted by molar-refractivity contribution is -0.121. The molecule has 206 valence electrons. The highest BCUT2D eigenvalue weighted by molar-refractivity contribution is 5.99. The van der Waals surface area contributed by atoms with Gasteiger partial charge in [0, 0.05) is 18.3 Å². The summed E-state index contributed by atoms with van der Waals surface area (Å²) in [5.41, 5.74) is 1.05. The summed E-state index contributed by atoms with van der Waals surface area (Å²) in [4.78, 5) is 40.6. The molecule has 9 nitrogen and oxygen atoms in total. The number of para-hydroxylation sites is 1. The van der Waals surface area contributed by atoms with E-state index in [2.05, 4.69) is 16.0 Å². The van der Waals surface area contributed by atoms with Crippen LogP contribution in [-0.2, 0) is 20.9 Å². The van der Waals surface area contributed by atoms with E-state index in [-0.39, 0.29) is 18.6 Å². The Hall–Kier alpha value is -3.59. The largest absolute Gasteiger partial charge is 0.445 e. The van der Waals surface area contributed by atoms with Crippen molar-refractivity contribution in [1.29, 1.82) is 0 Å². The van der Waals surface area contributed by atoms with E-state index < -0.39 is 23.8 Å². The number of carbonyl (C=O) groups is 3. The van der Waals surface area contributed by atoms with Gasteiger partial charge in [0.05, 0.1) is 0 Å². The second-order valence-electron chi connectivity index (χ2n) is 10.4. The molecule has 9 heteroatoms. The summed E-state index contributed by atoms with van der Waals surface area (Å²) < 4.78 is 10.7. The van der Waals surface area contributed by atoms with Crippen molar-refractivity contribution in [3.63, 3.8) is 0 Å². The van der Waals surface area contributed by atoms with Crippen molar-refractivity contribution in [2.24, 2.45) is 0 Å². The fraction of sp³-hybridized carbons (Fsp3) is 0.483. The minimum Gasteiger partial charge on any atom is -0.445 e. The molecule has 1 unspecified atom stereocenters. The molecule has 3 rings (SSSR count). The van der Waals surface area contributed by atoms with Gasteiger partial charge in [-0.3, -0.25) is 4.79 Å². The SMILES string of the molecule is CC(C)(C)OC(=O)NCCCC(NC(=O)OCc1ccccc1)C(=O)N(c1ccccc1)C1CCNCC1. The highest BCUT2D eigenvalue weighted by atomic mass is 16.6. The third-order valence-corrected chi connectivity index (χ3v) is 6.09. The summed E-state index contributed by atoms with van der Waals surface area (Å²) in [5, 5.41) is 8.85. The minimum absolute atomic E-state index is 0.00989. The van der Waals surface area contributed by atoms with Gasteiger partial charge in [-0.2, -0.15) is 0 Å². The number of alkyl carbamates (subject to hydrolysis) is 2. The van der Waals surface area contributed by atoms with Crippen LogP contribution in [0.4, 0.5) is 15.3 Å². The maximum Gasteiger partial charge on any atom is 0.408 e. The molecule has 0 bridgehead atoms. The van der Waals surface area contributed by atoms with Crippen molar-refractivity contribution in [2.75, 3.05) is 24.5 Å². The van der Waals surface area contributed by atoms with Crippen LogP contribution in [-0.4, -0.2) is 55.4 Å². The molecule has 0 saturated carbocycles. The molecule has 2 aromatic carbocycles. The van der Waals surface area contributed by atoms with E-state index in [0.29, 0.717) is 19.4 Å². The van der Waals surface area contributed by atoms with E-state index in [1.165, 1.54) is 0 Å². The molecule has 0 spiro atoms. The van der Waals surface area contributed by atoms with Gasteiger partial charge in [-0.05, 0) is 77.2 Å². The molecule has 1 aliphatic rings. The molecule has 1 fully saturated rings. The van der Waals surface area contributed by atoms with Crippen LogP contribution in [0.1, 0.15) is 52.0 Å². The number of piperidine rings is 1. The number of carbonyl (C=O) groups excluding carboxylic acids is 3. The predicted octanol–water partition coefficient (Wildman–Crippen LogP) is 4.37. The van der Waals surface area contributed by atoms with Crippen molar-refractivity contribution >= 4 is 23.8 Å². The Bertz CT molecular complexity index is 1020. The third kappa shape index (κ3) is 9.70. The molecule has 38 heavy (non-hydrogen) atoms. The summed E-state index contributed by atoms with van der Waals surface area (Å²) in [6, 6.07) is 18.1. The zero-order chi connectivity index (χ0) is 27.4. The average molecular weight is 525 g/mol. The topological polar surface area (TPSA) is 109 Å². The standard InChI is InChI=1S/C29H40N4O5/c1-29(2,3)38-27(35)31-18-10-15-25(32-28(36)37-21-22-11-6-4-7-12-22)26(34)33(23-13-8-5-9-14-23)24-16-19-30-20-17-24/h4-9,11-14,24-25,30H,10,15-21H2,1-3H3,(H,31,35)(H,32,36). The Labute approximate surface area is 225 Å². The molecule has 0 aromatic heterocycles. The number of nitrogens with one attached hydrogen (secondary N) is 3. The maximum absolute atomic E-state index is 14.0. The first-order chi connectivity index (χ1) is 18.2. The van der Waals surface area contributed by atoms with Crippen LogP contribution in [0, 0.1) is 0 Å². The Balaban J connectivity index is 1.70. The summed E-state index contributed by atoms with van der Waals surface area (Å²) in [6.45, 7) is 7.43. The van der Waals surface area contributed by atoms with Crippen LogP contribution in [0.15, 0.2) is 60.7 Å². The molecule has 1 saturated heterocycles. The van der Waals surface area contributed by atoms with Crippen LogP contribution in [0.2, 0.25) is 0 Å². The van der Waals surface area contributed by atoms with E-state index in [1.54, 1.807) is 20.8 Å². The lowest BCUT2D eigenvalue weighted by atomic mass is 10.0. The second-order valence-corrected chi connectivity index (χ2v) is 10.4. The molecule has 3 amide bonds. The first-order valence-electron chi connectivity index (χ1n) is 13.3. The van der Waals surface area contributed by atoms with Crippen LogP contribution in [0.25, 0.3) is 0 Å².